The zero-order valence-electron chi connectivity index (χ0n) is 21.0. The Morgan fingerprint density at radius 2 is 1.47 bits per heavy atom. The second-order valence-electron chi connectivity index (χ2n) is 11.0. The molecule has 1 aromatic heterocycles. The molecule has 2 heterocycles. The van der Waals surface area contributed by atoms with Gasteiger partial charge < -0.3 is 10.0 Å². The third kappa shape index (κ3) is 6.69. The highest BCUT2D eigenvalue weighted by Crippen LogP contribution is 2.42. The zero-order valence-corrected chi connectivity index (χ0v) is 22.6. The first-order valence-corrected chi connectivity index (χ1v) is 12.6. The number of piperazine rings is 1. The number of halogens is 1. The molecule has 1 aliphatic rings. The predicted octanol–water partition coefficient (Wildman–Crippen LogP) is 6.45. The van der Waals surface area contributed by atoms with Crippen LogP contribution in [-0.4, -0.2) is 52.6 Å². The molecular weight excluding hydrogens is 438 g/mol. The number of aromatic hydroxyl groups is 1. The Hall–Kier alpha value is -1.14. The standard InChI is InChI=1S/C26H41N3OS.ClH/c1-8-9-10-28-11-13-29(14-12-28)17-23-27-22(18-31-23)19-15-20(25(2,3)4)24(30)21(16-19)26(5,6)7;/h15-16,18,30H,8-14,17H2,1-7H3;1H. The molecule has 1 aromatic carbocycles. The van der Waals surface area contributed by atoms with Gasteiger partial charge in [0.05, 0.1) is 12.2 Å². The van der Waals surface area contributed by atoms with E-state index in [4.69, 9.17) is 4.98 Å². The van der Waals surface area contributed by atoms with Gasteiger partial charge >= 0.3 is 0 Å². The van der Waals surface area contributed by atoms with Crippen molar-refractivity contribution in [3.8, 4) is 17.0 Å². The number of unbranched alkanes of at least 4 members (excludes halogenated alkanes) is 1. The van der Waals surface area contributed by atoms with Gasteiger partial charge in [0.2, 0.25) is 0 Å². The number of phenols is 1. The lowest BCUT2D eigenvalue weighted by molar-refractivity contribution is 0.126. The second kappa shape index (κ2) is 10.9. The molecule has 0 spiro atoms. The number of aromatic nitrogens is 1. The van der Waals surface area contributed by atoms with Gasteiger partial charge in [0.25, 0.3) is 0 Å². The molecule has 1 saturated heterocycles. The lowest BCUT2D eigenvalue weighted by atomic mass is 9.78. The summed E-state index contributed by atoms with van der Waals surface area (Å²) in [5, 5.41) is 14.4. The van der Waals surface area contributed by atoms with Crippen molar-refractivity contribution >= 4 is 23.7 Å². The Labute approximate surface area is 205 Å². The maximum absolute atomic E-state index is 11.0. The quantitative estimate of drug-likeness (QED) is 0.516. The molecule has 0 unspecified atom stereocenters. The second-order valence-corrected chi connectivity index (χ2v) is 12.0. The molecule has 0 bridgehead atoms. The molecule has 0 amide bonds. The van der Waals surface area contributed by atoms with E-state index in [0.717, 1.165) is 42.0 Å². The van der Waals surface area contributed by atoms with E-state index >= 15 is 0 Å². The number of hydrogen-bond acceptors (Lipinski definition) is 5. The number of thiazole rings is 1. The van der Waals surface area contributed by atoms with Crippen molar-refractivity contribution in [3.63, 3.8) is 0 Å². The van der Waals surface area contributed by atoms with E-state index in [9.17, 15) is 5.11 Å². The van der Waals surface area contributed by atoms with E-state index in [0.29, 0.717) is 5.75 Å². The fraction of sp³-hybridized carbons (Fsp3) is 0.654. The molecule has 6 heteroatoms. The third-order valence-electron chi connectivity index (χ3n) is 6.23. The van der Waals surface area contributed by atoms with Crippen LogP contribution in [0.2, 0.25) is 0 Å². The van der Waals surface area contributed by atoms with Gasteiger partial charge in [-0.1, -0.05) is 54.9 Å². The minimum absolute atomic E-state index is 0. The smallest absolute Gasteiger partial charge is 0.123 e. The summed E-state index contributed by atoms with van der Waals surface area (Å²) in [6, 6.07) is 4.27. The summed E-state index contributed by atoms with van der Waals surface area (Å²) in [5.74, 6) is 0.431. The first kappa shape index (κ1) is 27.1. The van der Waals surface area contributed by atoms with Crippen molar-refractivity contribution in [1.82, 2.24) is 14.8 Å². The Kier molecular flexibility index (Phi) is 9.20. The van der Waals surface area contributed by atoms with Crippen LogP contribution in [0.5, 0.6) is 5.75 Å². The van der Waals surface area contributed by atoms with Crippen molar-refractivity contribution in [2.24, 2.45) is 0 Å². The van der Waals surface area contributed by atoms with Crippen molar-refractivity contribution in [2.45, 2.75) is 78.7 Å². The zero-order chi connectivity index (χ0) is 22.8. The molecule has 1 fully saturated rings. The van der Waals surface area contributed by atoms with Crippen LogP contribution in [0.25, 0.3) is 11.3 Å². The fourth-order valence-corrected chi connectivity index (χ4v) is 5.03. The van der Waals surface area contributed by atoms with E-state index in [-0.39, 0.29) is 23.2 Å². The number of hydrogen-bond donors (Lipinski definition) is 1. The molecule has 2 aromatic rings. The number of phenolic OH excluding ortho intramolecular Hbond substituents is 1. The van der Waals surface area contributed by atoms with Crippen molar-refractivity contribution < 1.29 is 5.11 Å². The summed E-state index contributed by atoms with van der Waals surface area (Å²) >= 11 is 1.75. The molecule has 3 rings (SSSR count). The molecule has 32 heavy (non-hydrogen) atoms. The normalized spacial score (nSPS) is 16.2. The fourth-order valence-electron chi connectivity index (χ4n) is 4.19. The van der Waals surface area contributed by atoms with Crippen molar-refractivity contribution in [1.29, 1.82) is 0 Å². The molecule has 1 aliphatic heterocycles. The maximum Gasteiger partial charge on any atom is 0.123 e. The first-order chi connectivity index (χ1) is 14.5. The van der Waals surface area contributed by atoms with E-state index in [1.54, 1.807) is 11.3 Å². The lowest BCUT2D eigenvalue weighted by Gasteiger charge is -2.34. The first-order valence-electron chi connectivity index (χ1n) is 11.8. The summed E-state index contributed by atoms with van der Waals surface area (Å²) in [6.07, 6.45) is 2.57. The van der Waals surface area contributed by atoms with Crippen LogP contribution in [-0.2, 0) is 17.4 Å². The Morgan fingerprint density at radius 3 is 1.97 bits per heavy atom. The molecule has 0 aliphatic carbocycles. The summed E-state index contributed by atoms with van der Waals surface area (Å²) in [5.41, 5.74) is 3.87. The summed E-state index contributed by atoms with van der Waals surface area (Å²) in [6.45, 7) is 22.0. The molecule has 0 radical (unpaired) electrons. The van der Waals surface area contributed by atoms with Gasteiger partial charge in [0, 0.05) is 48.2 Å². The van der Waals surface area contributed by atoms with Crippen LogP contribution in [0.4, 0.5) is 0 Å². The number of benzene rings is 1. The summed E-state index contributed by atoms with van der Waals surface area (Å²) in [7, 11) is 0. The molecule has 0 atom stereocenters. The SMILES string of the molecule is CCCCN1CCN(Cc2nc(-c3cc(C(C)(C)C)c(O)c(C(C)(C)C)c3)cs2)CC1.Cl. The van der Waals surface area contributed by atoms with Gasteiger partial charge in [-0.3, -0.25) is 4.90 Å². The Balaban J connectivity index is 0.00000363. The van der Waals surface area contributed by atoms with Crippen LogP contribution < -0.4 is 0 Å². The van der Waals surface area contributed by atoms with Gasteiger partial charge in [0.1, 0.15) is 10.8 Å². The minimum atomic E-state index is -0.129. The minimum Gasteiger partial charge on any atom is -0.507 e. The van der Waals surface area contributed by atoms with Gasteiger partial charge in [-0.15, -0.1) is 23.7 Å². The molecule has 4 nitrogen and oxygen atoms in total. The van der Waals surface area contributed by atoms with E-state index < -0.39 is 0 Å². The third-order valence-corrected chi connectivity index (χ3v) is 7.06. The summed E-state index contributed by atoms with van der Waals surface area (Å²) in [4.78, 5) is 10.1. The van der Waals surface area contributed by atoms with Crippen molar-refractivity contribution in [2.75, 3.05) is 32.7 Å². The lowest BCUT2D eigenvalue weighted by Crippen LogP contribution is -2.46. The predicted molar refractivity (Wildman–Crippen MR) is 140 cm³/mol. The maximum atomic E-state index is 11.0. The van der Waals surface area contributed by atoms with Crippen LogP contribution >= 0.6 is 23.7 Å². The highest BCUT2D eigenvalue weighted by molar-refractivity contribution is 7.09. The van der Waals surface area contributed by atoms with Crippen LogP contribution in [0.15, 0.2) is 17.5 Å². The Bertz CT molecular complexity index is 839. The molecule has 0 saturated carbocycles. The van der Waals surface area contributed by atoms with E-state index in [2.05, 4.69) is 75.8 Å². The van der Waals surface area contributed by atoms with Gasteiger partial charge in [-0.05, 0) is 35.9 Å². The van der Waals surface area contributed by atoms with Gasteiger partial charge in [-0.25, -0.2) is 4.98 Å². The Morgan fingerprint density at radius 1 is 0.938 bits per heavy atom. The number of rotatable bonds is 6. The summed E-state index contributed by atoms with van der Waals surface area (Å²) < 4.78 is 0. The topological polar surface area (TPSA) is 39.6 Å². The van der Waals surface area contributed by atoms with Crippen LogP contribution in [0, 0.1) is 0 Å². The number of nitrogens with zero attached hydrogens (tertiary/aromatic N) is 3. The highest BCUT2D eigenvalue weighted by Gasteiger charge is 2.27. The molecule has 180 valence electrons. The van der Waals surface area contributed by atoms with E-state index in [1.807, 2.05) is 0 Å². The monoisotopic (exact) mass is 479 g/mol. The molecule has 1 N–H and O–H groups in total. The average molecular weight is 480 g/mol. The molecular formula is C26H42ClN3OS. The van der Waals surface area contributed by atoms with Gasteiger partial charge in [0.15, 0.2) is 0 Å². The van der Waals surface area contributed by atoms with Gasteiger partial charge in [-0.2, -0.15) is 0 Å². The van der Waals surface area contributed by atoms with E-state index in [1.165, 1.54) is 37.5 Å². The van der Waals surface area contributed by atoms with Crippen LogP contribution in [0.1, 0.15) is 77.4 Å². The highest BCUT2D eigenvalue weighted by atomic mass is 35.5. The van der Waals surface area contributed by atoms with Crippen molar-refractivity contribution in [3.05, 3.63) is 33.6 Å². The largest absolute Gasteiger partial charge is 0.507 e. The van der Waals surface area contributed by atoms with Crippen LogP contribution in [0.3, 0.4) is 0 Å². The average Bonchev–Trinajstić information content (AvgIpc) is 3.14.